The molecule has 0 fully saturated rings. The van der Waals surface area contributed by atoms with Crippen LogP contribution in [-0.2, 0) is 36.7 Å². The summed E-state index contributed by atoms with van der Waals surface area (Å²) in [7, 11) is 0. The summed E-state index contributed by atoms with van der Waals surface area (Å²) in [5.74, 6) is -1.09. The van der Waals surface area contributed by atoms with E-state index in [-0.39, 0.29) is 49.4 Å². The number of rotatable bonds is 12. The summed E-state index contributed by atoms with van der Waals surface area (Å²) in [6, 6.07) is -0.986. The van der Waals surface area contributed by atoms with Crippen LogP contribution >= 0.6 is 11.3 Å². The van der Waals surface area contributed by atoms with Gasteiger partial charge in [0.2, 0.25) is 11.9 Å². The van der Waals surface area contributed by atoms with Gasteiger partial charge in [-0.15, -0.1) is 11.3 Å². The molecule has 41 heavy (non-hydrogen) atoms. The highest BCUT2D eigenvalue weighted by atomic mass is 32.1. The predicted molar refractivity (Wildman–Crippen MR) is 153 cm³/mol. The molecule has 1 aliphatic rings. The van der Waals surface area contributed by atoms with Gasteiger partial charge in [-0.2, -0.15) is 4.98 Å². The van der Waals surface area contributed by atoms with Gasteiger partial charge in [0, 0.05) is 18.4 Å². The zero-order valence-electron chi connectivity index (χ0n) is 24.0. The lowest BCUT2D eigenvalue weighted by atomic mass is 9.92. The van der Waals surface area contributed by atoms with Crippen molar-refractivity contribution in [1.29, 1.82) is 0 Å². The quantitative estimate of drug-likeness (QED) is 0.268. The average molecular weight is 591 g/mol. The first kappa shape index (κ1) is 31.7. The number of amides is 2. The molecule has 1 aliphatic heterocycles. The molecule has 0 aromatic carbocycles. The van der Waals surface area contributed by atoms with Crippen molar-refractivity contribution in [3.63, 3.8) is 0 Å². The molecular weight excluding hydrogens is 552 g/mol. The molecule has 3 heterocycles. The van der Waals surface area contributed by atoms with Crippen molar-refractivity contribution in [3.8, 4) is 0 Å². The fourth-order valence-electron chi connectivity index (χ4n) is 4.07. The zero-order valence-corrected chi connectivity index (χ0v) is 24.9. The van der Waals surface area contributed by atoms with Crippen LogP contribution in [-0.4, -0.2) is 64.5 Å². The first-order chi connectivity index (χ1) is 19.4. The van der Waals surface area contributed by atoms with Gasteiger partial charge in [0.25, 0.3) is 11.5 Å². The molecule has 0 bridgehead atoms. The maximum absolute atomic E-state index is 12.8. The number of hydrogen-bond acceptors (Lipinski definition) is 11. The molecule has 4 N–H and O–H groups in total. The van der Waals surface area contributed by atoms with Gasteiger partial charge in [0.15, 0.2) is 0 Å². The second kappa shape index (κ2) is 14.2. The lowest BCUT2D eigenvalue weighted by Gasteiger charge is -2.25. The van der Waals surface area contributed by atoms with Crippen molar-refractivity contribution in [2.75, 3.05) is 30.4 Å². The minimum Gasteiger partial charge on any atom is -0.466 e. The number of nitrogens with zero attached hydrogens (tertiary/aromatic N) is 2. The number of hydrogen-bond donors (Lipinski definition) is 4. The highest BCUT2D eigenvalue weighted by Gasteiger charge is 2.27. The van der Waals surface area contributed by atoms with Gasteiger partial charge in [-0.3, -0.25) is 29.5 Å². The molecule has 0 spiro atoms. The van der Waals surface area contributed by atoms with Gasteiger partial charge < -0.3 is 20.1 Å². The van der Waals surface area contributed by atoms with E-state index in [0.29, 0.717) is 42.1 Å². The maximum Gasteiger partial charge on any atom is 0.328 e. The van der Waals surface area contributed by atoms with E-state index in [0.717, 1.165) is 5.01 Å². The molecule has 3 rings (SSSR count). The molecule has 14 heteroatoms. The maximum atomic E-state index is 12.8. The third-order valence-electron chi connectivity index (χ3n) is 6.34. The van der Waals surface area contributed by atoms with Crippen LogP contribution in [0, 0.1) is 11.3 Å². The highest BCUT2D eigenvalue weighted by Crippen LogP contribution is 2.25. The second-order valence-electron chi connectivity index (χ2n) is 10.7. The van der Waals surface area contributed by atoms with Gasteiger partial charge >= 0.3 is 11.9 Å². The van der Waals surface area contributed by atoms with E-state index in [2.05, 4.69) is 30.9 Å². The van der Waals surface area contributed by atoms with Crippen LogP contribution in [0.5, 0.6) is 0 Å². The standard InChI is InChI=1S/C27H38N6O7S/c1-6-39-20(34)11-9-17(24(37)40-7-2)30-23(36)18-14-28-19(41-18)10-8-15-12-16-21(29-13-15)31-26(32-22(16)35)33-25(38)27(3,4)5/h14-15,17H,6-13H2,1-5H3,(H,30,36)(H3,29,31,32,33,35,38)/t15?,17-/m1/s1. The van der Waals surface area contributed by atoms with Crippen LogP contribution in [0.1, 0.15) is 74.1 Å². The van der Waals surface area contributed by atoms with E-state index in [9.17, 15) is 24.0 Å². The smallest absolute Gasteiger partial charge is 0.328 e. The van der Waals surface area contributed by atoms with E-state index < -0.39 is 29.3 Å². The van der Waals surface area contributed by atoms with Gasteiger partial charge in [-0.25, -0.2) is 9.78 Å². The number of carbonyl (C=O) groups excluding carboxylic acids is 4. The third kappa shape index (κ3) is 9.10. The van der Waals surface area contributed by atoms with Gasteiger partial charge in [0.1, 0.15) is 16.7 Å². The first-order valence-electron chi connectivity index (χ1n) is 13.7. The Labute approximate surface area is 242 Å². The highest BCUT2D eigenvalue weighted by molar-refractivity contribution is 7.13. The van der Waals surface area contributed by atoms with E-state index in [1.165, 1.54) is 17.5 Å². The van der Waals surface area contributed by atoms with Crippen molar-refractivity contribution >= 4 is 46.9 Å². The number of nitrogens with one attached hydrogen (secondary N) is 4. The summed E-state index contributed by atoms with van der Waals surface area (Å²) in [5, 5.41) is 9.23. The number of H-pyrrole nitrogens is 1. The van der Waals surface area contributed by atoms with Crippen LogP contribution in [0.3, 0.4) is 0 Å². The van der Waals surface area contributed by atoms with Crippen molar-refractivity contribution < 1.29 is 28.7 Å². The number of anilines is 2. The molecule has 0 saturated heterocycles. The third-order valence-corrected chi connectivity index (χ3v) is 7.40. The van der Waals surface area contributed by atoms with Crippen LogP contribution in [0.25, 0.3) is 0 Å². The Kier molecular flexibility index (Phi) is 11.0. The predicted octanol–water partition coefficient (Wildman–Crippen LogP) is 2.43. The lowest BCUT2D eigenvalue weighted by Crippen LogP contribution is -2.42. The van der Waals surface area contributed by atoms with Crippen molar-refractivity contribution in [2.24, 2.45) is 11.3 Å². The molecule has 0 saturated carbocycles. The Hall–Kier alpha value is -3.81. The summed E-state index contributed by atoms with van der Waals surface area (Å²) in [4.78, 5) is 73.6. The minimum atomic E-state index is -0.986. The summed E-state index contributed by atoms with van der Waals surface area (Å²) >= 11 is 1.22. The SMILES string of the molecule is CCOC(=O)CC[C@@H](NC(=O)c1cnc(CCC2CNc3nc(NC(=O)C(C)(C)C)[nH]c(=O)c3C2)s1)C(=O)OCC. The Balaban J connectivity index is 1.56. The molecule has 1 unspecified atom stereocenters. The molecule has 2 aromatic rings. The van der Waals surface area contributed by atoms with Gasteiger partial charge in [-0.1, -0.05) is 20.8 Å². The lowest BCUT2D eigenvalue weighted by molar-refractivity contribution is -0.146. The van der Waals surface area contributed by atoms with Crippen molar-refractivity contribution in [3.05, 3.63) is 32.0 Å². The Morgan fingerprint density at radius 2 is 1.90 bits per heavy atom. The number of fused-ring (bicyclic) bond motifs is 1. The first-order valence-corrected chi connectivity index (χ1v) is 14.5. The number of carbonyl (C=O) groups is 4. The molecular formula is C27H38N6O7S. The molecule has 2 aromatic heterocycles. The van der Waals surface area contributed by atoms with Crippen LogP contribution in [0.2, 0.25) is 0 Å². The molecule has 0 radical (unpaired) electrons. The molecule has 224 valence electrons. The summed E-state index contributed by atoms with van der Waals surface area (Å²) in [5.41, 5.74) is -0.401. The van der Waals surface area contributed by atoms with Crippen LogP contribution < -0.4 is 21.5 Å². The largest absolute Gasteiger partial charge is 0.466 e. The van der Waals surface area contributed by atoms with Gasteiger partial charge in [-0.05, 0) is 45.4 Å². The van der Waals surface area contributed by atoms with Crippen molar-refractivity contribution in [2.45, 2.75) is 72.8 Å². The summed E-state index contributed by atoms with van der Waals surface area (Å²) < 4.78 is 9.95. The average Bonchev–Trinajstić information content (AvgIpc) is 3.39. The monoisotopic (exact) mass is 590 g/mol. The zero-order chi connectivity index (χ0) is 30.2. The number of thiazole rings is 1. The minimum absolute atomic E-state index is 0.0324. The fraction of sp³-hybridized carbons (Fsp3) is 0.593. The van der Waals surface area contributed by atoms with E-state index in [1.807, 2.05) is 0 Å². The van der Waals surface area contributed by atoms with E-state index in [4.69, 9.17) is 9.47 Å². The van der Waals surface area contributed by atoms with E-state index >= 15 is 0 Å². The molecule has 2 amide bonds. The van der Waals surface area contributed by atoms with Crippen LogP contribution in [0.15, 0.2) is 11.0 Å². The number of aryl methyl sites for hydroxylation is 1. The number of aromatic amines is 1. The number of aromatic nitrogens is 3. The fourth-order valence-corrected chi connectivity index (χ4v) is 4.90. The Morgan fingerprint density at radius 1 is 1.17 bits per heavy atom. The van der Waals surface area contributed by atoms with Crippen molar-refractivity contribution in [1.82, 2.24) is 20.3 Å². The number of ether oxygens (including phenoxy) is 2. The Morgan fingerprint density at radius 3 is 2.59 bits per heavy atom. The second-order valence-corrected chi connectivity index (χ2v) is 11.8. The summed E-state index contributed by atoms with van der Waals surface area (Å²) in [6.07, 6.45) is 3.31. The molecule has 0 aliphatic carbocycles. The Bertz CT molecular complexity index is 1320. The van der Waals surface area contributed by atoms with Gasteiger partial charge in [0.05, 0.1) is 30.0 Å². The normalized spacial score (nSPS) is 15.2. The number of esters is 2. The molecule has 13 nitrogen and oxygen atoms in total. The molecule has 2 atom stereocenters. The summed E-state index contributed by atoms with van der Waals surface area (Å²) in [6.45, 7) is 9.64. The van der Waals surface area contributed by atoms with E-state index in [1.54, 1.807) is 34.6 Å². The topological polar surface area (TPSA) is 181 Å². The van der Waals surface area contributed by atoms with Crippen LogP contribution in [0.4, 0.5) is 11.8 Å².